The minimum Gasteiger partial charge on any atom is -0.320 e. The lowest BCUT2D eigenvalue weighted by molar-refractivity contribution is 0.517. The van der Waals surface area contributed by atoms with Crippen molar-refractivity contribution in [1.29, 1.82) is 0 Å². The van der Waals surface area contributed by atoms with Crippen LogP contribution < -0.4 is 10.6 Å². The highest BCUT2D eigenvalue weighted by atomic mass is 32.2. The Bertz CT molecular complexity index is 81.7. The summed E-state index contributed by atoms with van der Waals surface area (Å²) < 4.78 is 0. The molecule has 1 heterocycles. The van der Waals surface area contributed by atoms with Gasteiger partial charge < -0.3 is 10.6 Å². The summed E-state index contributed by atoms with van der Waals surface area (Å²) in [5.41, 5.74) is 0. The molecule has 0 radical (unpaired) electrons. The summed E-state index contributed by atoms with van der Waals surface area (Å²) in [6.45, 7) is 2.33. The first-order valence-electron chi connectivity index (χ1n) is 3.89. The number of hydrogen-bond donors (Lipinski definition) is 2. The number of thioether (sulfide) groups is 1. The second kappa shape index (κ2) is 4.99. The molecule has 1 fully saturated rings. The summed E-state index contributed by atoms with van der Waals surface area (Å²) in [5.74, 6) is 2.58. The van der Waals surface area contributed by atoms with Crippen LogP contribution >= 0.6 is 11.8 Å². The fraction of sp³-hybridized carbons (Fsp3) is 1.00. The van der Waals surface area contributed by atoms with Crippen molar-refractivity contribution < 1.29 is 0 Å². The Hall–Kier alpha value is 0.270. The Labute approximate surface area is 67.1 Å². The summed E-state index contributed by atoms with van der Waals surface area (Å²) >= 11 is 2.06. The summed E-state index contributed by atoms with van der Waals surface area (Å²) in [6, 6.07) is 0.756. The average molecular weight is 160 g/mol. The summed E-state index contributed by atoms with van der Waals surface area (Å²) in [5, 5.41) is 6.66. The van der Waals surface area contributed by atoms with Crippen molar-refractivity contribution in [3.8, 4) is 0 Å². The molecule has 1 unspecified atom stereocenters. The SMILES string of the molecule is CNCCC1CSCCN1. The lowest BCUT2D eigenvalue weighted by Gasteiger charge is -2.22. The minimum atomic E-state index is 0.756. The lowest BCUT2D eigenvalue weighted by atomic mass is 10.2. The molecule has 1 aliphatic rings. The molecule has 3 heteroatoms. The van der Waals surface area contributed by atoms with Crippen molar-refractivity contribution in [1.82, 2.24) is 10.6 Å². The Morgan fingerprint density at radius 3 is 3.20 bits per heavy atom. The predicted octanol–water partition coefficient (Wildman–Crippen LogP) is 0.301. The van der Waals surface area contributed by atoms with Crippen molar-refractivity contribution in [3.05, 3.63) is 0 Å². The van der Waals surface area contributed by atoms with Gasteiger partial charge in [-0.05, 0) is 20.0 Å². The van der Waals surface area contributed by atoms with Crippen LogP contribution in [-0.4, -0.2) is 37.7 Å². The molecule has 1 atom stereocenters. The van der Waals surface area contributed by atoms with Crippen molar-refractivity contribution in [2.45, 2.75) is 12.5 Å². The van der Waals surface area contributed by atoms with Crippen LogP contribution in [0, 0.1) is 0 Å². The van der Waals surface area contributed by atoms with Gasteiger partial charge in [0.15, 0.2) is 0 Å². The fourth-order valence-corrected chi connectivity index (χ4v) is 2.12. The molecule has 60 valence electrons. The highest BCUT2D eigenvalue weighted by Crippen LogP contribution is 2.09. The van der Waals surface area contributed by atoms with E-state index >= 15 is 0 Å². The van der Waals surface area contributed by atoms with Gasteiger partial charge in [-0.15, -0.1) is 0 Å². The van der Waals surface area contributed by atoms with Crippen LogP contribution in [0.1, 0.15) is 6.42 Å². The molecule has 0 aromatic carbocycles. The molecule has 1 rings (SSSR count). The highest BCUT2D eigenvalue weighted by molar-refractivity contribution is 7.99. The maximum atomic E-state index is 3.49. The Balaban J connectivity index is 2.02. The Morgan fingerprint density at radius 1 is 1.70 bits per heavy atom. The van der Waals surface area contributed by atoms with E-state index in [1.165, 1.54) is 24.5 Å². The van der Waals surface area contributed by atoms with Crippen LogP contribution in [-0.2, 0) is 0 Å². The zero-order chi connectivity index (χ0) is 7.23. The lowest BCUT2D eigenvalue weighted by Crippen LogP contribution is -2.38. The molecule has 0 bridgehead atoms. The van der Waals surface area contributed by atoms with Gasteiger partial charge in [0.2, 0.25) is 0 Å². The molecular formula is C7H16N2S. The van der Waals surface area contributed by atoms with Crippen LogP contribution in [0.25, 0.3) is 0 Å². The van der Waals surface area contributed by atoms with Crippen LogP contribution in [0.2, 0.25) is 0 Å². The average Bonchev–Trinajstić information content (AvgIpc) is 2.03. The van der Waals surface area contributed by atoms with Gasteiger partial charge in [-0.3, -0.25) is 0 Å². The van der Waals surface area contributed by atoms with Gasteiger partial charge in [-0.1, -0.05) is 0 Å². The Kier molecular flexibility index (Phi) is 4.18. The maximum Gasteiger partial charge on any atom is 0.0170 e. The van der Waals surface area contributed by atoms with Crippen LogP contribution in [0.4, 0.5) is 0 Å². The first-order chi connectivity index (χ1) is 4.93. The molecule has 1 saturated heterocycles. The third kappa shape index (κ3) is 2.90. The van der Waals surface area contributed by atoms with Gasteiger partial charge in [-0.2, -0.15) is 11.8 Å². The predicted molar refractivity (Wildman–Crippen MR) is 47.7 cm³/mol. The Morgan fingerprint density at radius 2 is 2.60 bits per heavy atom. The third-order valence-corrected chi connectivity index (χ3v) is 2.87. The molecule has 2 N–H and O–H groups in total. The standard InChI is InChI=1S/C7H16N2S/c1-8-3-2-7-6-10-5-4-9-7/h7-9H,2-6H2,1H3. The molecule has 0 aliphatic carbocycles. The topological polar surface area (TPSA) is 24.1 Å². The quantitative estimate of drug-likeness (QED) is 0.621. The molecule has 0 spiro atoms. The molecular weight excluding hydrogens is 144 g/mol. The van der Waals surface area contributed by atoms with Crippen molar-refractivity contribution in [2.75, 3.05) is 31.6 Å². The zero-order valence-corrected chi connectivity index (χ0v) is 7.34. The third-order valence-electron chi connectivity index (χ3n) is 1.74. The fourth-order valence-electron chi connectivity index (χ4n) is 1.12. The van der Waals surface area contributed by atoms with Crippen LogP contribution in [0.15, 0.2) is 0 Å². The molecule has 0 aromatic heterocycles. The monoisotopic (exact) mass is 160 g/mol. The molecule has 0 aromatic rings. The normalized spacial score (nSPS) is 26.7. The van der Waals surface area contributed by atoms with Crippen molar-refractivity contribution in [2.24, 2.45) is 0 Å². The van der Waals surface area contributed by atoms with Gasteiger partial charge in [0, 0.05) is 24.1 Å². The van der Waals surface area contributed by atoms with E-state index in [1.807, 2.05) is 7.05 Å². The van der Waals surface area contributed by atoms with Crippen molar-refractivity contribution >= 4 is 11.8 Å². The van der Waals surface area contributed by atoms with Gasteiger partial charge in [0.1, 0.15) is 0 Å². The van der Waals surface area contributed by atoms with Gasteiger partial charge in [0.25, 0.3) is 0 Å². The van der Waals surface area contributed by atoms with Crippen LogP contribution in [0.5, 0.6) is 0 Å². The van der Waals surface area contributed by atoms with E-state index in [1.54, 1.807) is 0 Å². The van der Waals surface area contributed by atoms with E-state index in [4.69, 9.17) is 0 Å². The highest BCUT2D eigenvalue weighted by Gasteiger charge is 2.10. The van der Waals surface area contributed by atoms with E-state index in [0.717, 1.165) is 12.6 Å². The molecule has 10 heavy (non-hydrogen) atoms. The molecule has 2 nitrogen and oxygen atoms in total. The van der Waals surface area contributed by atoms with E-state index in [0.29, 0.717) is 0 Å². The second-order valence-electron chi connectivity index (χ2n) is 2.62. The molecule has 0 saturated carbocycles. The van der Waals surface area contributed by atoms with E-state index in [2.05, 4.69) is 22.4 Å². The molecule has 0 amide bonds. The molecule has 1 aliphatic heterocycles. The second-order valence-corrected chi connectivity index (χ2v) is 3.77. The van der Waals surface area contributed by atoms with E-state index in [9.17, 15) is 0 Å². The first-order valence-corrected chi connectivity index (χ1v) is 5.04. The minimum absolute atomic E-state index is 0.756. The smallest absolute Gasteiger partial charge is 0.0170 e. The zero-order valence-electron chi connectivity index (χ0n) is 6.52. The summed E-state index contributed by atoms with van der Waals surface area (Å²) in [6.07, 6.45) is 1.27. The number of rotatable bonds is 3. The summed E-state index contributed by atoms with van der Waals surface area (Å²) in [4.78, 5) is 0. The summed E-state index contributed by atoms with van der Waals surface area (Å²) in [7, 11) is 2.01. The largest absolute Gasteiger partial charge is 0.320 e. The number of hydrogen-bond acceptors (Lipinski definition) is 3. The van der Waals surface area contributed by atoms with E-state index in [-0.39, 0.29) is 0 Å². The van der Waals surface area contributed by atoms with Gasteiger partial charge in [0.05, 0.1) is 0 Å². The maximum absolute atomic E-state index is 3.49. The van der Waals surface area contributed by atoms with Crippen LogP contribution in [0.3, 0.4) is 0 Å². The number of nitrogens with one attached hydrogen (secondary N) is 2. The first kappa shape index (κ1) is 8.37. The van der Waals surface area contributed by atoms with Gasteiger partial charge in [-0.25, -0.2) is 0 Å². The van der Waals surface area contributed by atoms with Crippen molar-refractivity contribution in [3.63, 3.8) is 0 Å². The van der Waals surface area contributed by atoms with Gasteiger partial charge >= 0.3 is 0 Å². The van der Waals surface area contributed by atoms with E-state index < -0.39 is 0 Å².